The van der Waals surface area contributed by atoms with Crippen molar-refractivity contribution in [1.82, 2.24) is 15.5 Å². The molecule has 1 unspecified atom stereocenters. The van der Waals surface area contributed by atoms with Gasteiger partial charge in [0.25, 0.3) is 5.91 Å². The fourth-order valence-electron chi connectivity index (χ4n) is 1.90. The molecule has 1 rings (SSSR count). The molecule has 0 aromatic carbocycles. The van der Waals surface area contributed by atoms with E-state index >= 15 is 0 Å². The first kappa shape index (κ1) is 13.7. The van der Waals surface area contributed by atoms with Gasteiger partial charge in [-0.2, -0.15) is 5.10 Å². The number of nitrogens with two attached hydrogens (primary N) is 1. The lowest BCUT2D eigenvalue weighted by atomic mass is 10.00. The van der Waals surface area contributed by atoms with Gasteiger partial charge in [-0.25, -0.2) is 0 Å². The smallest absolute Gasteiger partial charge is 0.254 e. The molecule has 0 radical (unpaired) electrons. The van der Waals surface area contributed by atoms with E-state index in [-0.39, 0.29) is 5.91 Å². The largest absolute Gasteiger partial charge is 0.352 e. The van der Waals surface area contributed by atoms with Crippen LogP contribution in [-0.4, -0.2) is 29.2 Å². The van der Waals surface area contributed by atoms with Crippen LogP contribution in [0.15, 0.2) is 6.20 Å². The van der Waals surface area contributed by atoms with Crippen LogP contribution in [0.4, 0.5) is 0 Å². The molecular formula is C12H22N4O. The summed E-state index contributed by atoms with van der Waals surface area (Å²) in [5.74, 6) is 0.413. The molecule has 0 aliphatic heterocycles. The molecule has 1 atom stereocenters. The van der Waals surface area contributed by atoms with Gasteiger partial charge in [-0.1, -0.05) is 13.3 Å². The van der Waals surface area contributed by atoms with Gasteiger partial charge in [-0.15, -0.1) is 0 Å². The Morgan fingerprint density at radius 3 is 2.88 bits per heavy atom. The molecule has 5 nitrogen and oxygen atoms in total. The zero-order valence-corrected chi connectivity index (χ0v) is 10.6. The number of H-pyrrole nitrogens is 1. The number of hydrogen-bond donors (Lipinski definition) is 3. The van der Waals surface area contributed by atoms with E-state index in [1.807, 2.05) is 6.92 Å². The van der Waals surface area contributed by atoms with Gasteiger partial charge in [0.1, 0.15) is 0 Å². The molecule has 1 aromatic heterocycles. The Bertz CT molecular complexity index is 342. The van der Waals surface area contributed by atoms with Crippen molar-refractivity contribution in [1.29, 1.82) is 0 Å². The van der Waals surface area contributed by atoms with E-state index in [9.17, 15) is 4.79 Å². The highest BCUT2D eigenvalue weighted by molar-refractivity contribution is 5.94. The van der Waals surface area contributed by atoms with E-state index in [4.69, 9.17) is 5.73 Å². The summed E-state index contributed by atoms with van der Waals surface area (Å²) < 4.78 is 0. The Hall–Kier alpha value is -1.36. The Balaban J connectivity index is 2.43. The van der Waals surface area contributed by atoms with E-state index in [1.54, 1.807) is 6.20 Å². The predicted molar refractivity (Wildman–Crippen MR) is 67.7 cm³/mol. The third kappa shape index (κ3) is 4.19. The van der Waals surface area contributed by atoms with Crippen LogP contribution < -0.4 is 11.1 Å². The zero-order valence-electron chi connectivity index (χ0n) is 10.6. The molecule has 5 heteroatoms. The van der Waals surface area contributed by atoms with Crippen molar-refractivity contribution in [2.45, 2.75) is 33.1 Å². The summed E-state index contributed by atoms with van der Waals surface area (Å²) in [6.45, 7) is 5.34. The third-order valence-electron chi connectivity index (χ3n) is 2.90. The topological polar surface area (TPSA) is 83.8 Å². The number of rotatable bonds is 7. The Morgan fingerprint density at radius 2 is 2.35 bits per heavy atom. The van der Waals surface area contributed by atoms with Crippen LogP contribution in [0.1, 0.15) is 42.2 Å². The summed E-state index contributed by atoms with van der Waals surface area (Å²) >= 11 is 0. The fraction of sp³-hybridized carbons (Fsp3) is 0.667. The number of carbonyl (C=O) groups is 1. The molecular weight excluding hydrogens is 216 g/mol. The highest BCUT2D eigenvalue weighted by atomic mass is 16.1. The number of nitrogens with zero attached hydrogens (tertiary/aromatic N) is 1. The summed E-state index contributed by atoms with van der Waals surface area (Å²) in [7, 11) is 0. The molecule has 0 bridgehead atoms. The second kappa shape index (κ2) is 7.06. The highest BCUT2D eigenvalue weighted by Gasteiger charge is 2.13. The van der Waals surface area contributed by atoms with Crippen LogP contribution in [0.3, 0.4) is 0 Å². The maximum absolute atomic E-state index is 11.8. The Morgan fingerprint density at radius 1 is 1.59 bits per heavy atom. The first-order valence-electron chi connectivity index (χ1n) is 6.17. The number of aryl methyl sites for hydroxylation is 1. The SMILES string of the molecule is CCCC(CCN)CNC(=O)c1cn[nH]c1C. The third-order valence-corrected chi connectivity index (χ3v) is 2.90. The Labute approximate surface area is 102 Å². The van der Waals surface area contributed by atoms with Crippen molar-refractivity contribution in [3.05, 3.63) is 17.5 Å². The molecule has 1 amide bonds. The average molecular weight is 238 g/mol. The lowest BCUT2D eigenvalue weighted by Crippen LogP contribution is -2.30. The standard InChI is InChI=1S/C12H22N4O/c1-3-4-10(5-6-13)7-14-12(17)11-8-15-16-9(11)2/h8,10H,3-7,13H2,1-2H3,(H,14,17)(H,15,16). The maximum Gasteiger partial charge on any atom is 0.254 e. The zero-order chi connectivity index (χ0) is 12.7. The number of amides is 1. The van der Waals surface area contributed by atoms with Gasteiger partial charge in [-0.3, -0.25) is 9.89 Å². The van der Waals surface area contributed by atoms with Crippen LogP contribution >= 0.6 is 0 Å². The summed E-state index contributed by atoms with van der Waals surface area (Å²) in [4.78, 5) is 11.8. The lowest BCUT2D eigenvalue weighted by Gasteiger charge is -2.15. The van der Waals surface area contributed by atoms with E-state index in [2.05, 4.69) is 22.4 Å². The first-order valence-corrected chi connectivity index (χ1v) is 6.17. The second-order valence-electron chi connectivity index (χ2n) is 4.35. The van der Waals surface area contributed by atoms with Crippen molar-refractivity contribution in [2.24, 2.45) is 11.7 Å². The van der Waals surface area contributed by atoms with Crippen molar-refractivity contribution >= 4 is 5.91 Å². The quantitative estimate of drug-likeness (QED) is 0.667. The van der Waals surface area contributed by atoms with Gasteiger partial charge in [0.2, 0.25) is 0 Å². The molecule has 0 saturated heterocycles. The summed E-state index contributed by atoms with van der Waals surface area (Å²) in [6, 6.07) is 0. The molecule has 1 aromatic rings. The summed E-state index contributed by atoms with van der Waals surface area (Å²) in [5, 5.41) is 9.53. The summed E-state index contributed by atoms with van der Waals surface area (Å²) in [5.41, 5.74) is 6.98. The monoisotopic (exact) mass is 238 g/mol. The maximum atomic E-state index is 11.8. The molecule has 0 spiro atoms. The number of nitrogens with one attached hydrogen (secondary N) is 2. The van der Waals surface area contributed by atoms with Gasteiger partial charge in [0.15, 0.2) is 0 Å². The number of aromatic nitrogens is 2. The van der Waals surface area contributed by atoms with Crippen LogP contribution in [0.5, 0.6) is 0 Å². The molecule has 0 aliphatic carbocycles. The molecule has 96 valence electrons. The average Bonchev–Trinajstić information content (AvgIpc) is 2.72. The van der Waals surface area contributed by atoms with Gasteiger partial charge >= 0.3 is 0 Å². The van der Waals surface area contributed by atoms with E-state index in [0.29, 0.717) is 24.6 Å². The fourth-order valence-corrected chi connectivity index (χ4v) is 1.90. The van der Waals surface area contributed by atoms with E-state index in [0.717, 1.165) is 25.0 Å². The predicted octanol–water partition coefficient (Wildman–Crippen LogP) is 1.21. The van der Waals surface area contributed by atoms with E-state index < -0.39 is 0 Å². The molecule has 17 heavy (non-hydrogen) atoms. The number of hydrogen-bond acceptors (Lipinski definition) is 3. The minimum absolute atomic E-state index is 0.0608. The van der Waals surface area contributed by atoms with E-state index in [1.165, 1.54) is 0 Å². The normalized spacial score (nSPS) is 12.4. The van der Waals surface area contributed by atoms with Gasteiger partial charge in [0.05, 0.1) is 11.8 Å². The number of aromatic amines is 1. The number of carbonyl (C=O) groups excluding carboxylic acids is 1. The van der Waals surface area contributed by atoms with Gasteiger partial charge in [0, 0.05) is 12.2 Å². The molecule has 0 fully saturated rings. The van der Waals surface area contributed by atoms with Crippen LogP contribution in [0, 0.1) is 12.8 Å². The van der Waals surface area contributed by atoms with Crippen LogP contribution in [-0.2, 0) is 0 Å². The van der Waals surface area contributed by atoms with Crippen molar-refractivity contribution in [3.8, 4) is 0 Å². The van der Waals surface area contributed by atoms with Crippen molar-refractivity contribution < 1.29 is 4.79 Å². The first-order chi connectivity index (χ1) is 8.19. The van der Waals surface area contributed by atoms with Crippen molar-refractivity contribution in [3.63, 3.8) is 0 Å². The molecule has 1 heterocycles. The van der Waals surface area contributed by atoms with Crippen LogP contribution in [0.2, 0.25) is 0 Å². The van der Waals surface area contributed by atoms with Crippen LogP contribution in [0.25, 0.3) is 0 Å². The van der Waals surface area contributed by atoms with Gasteiger partial charge in [-0.05, 0) is 32.2 Å². The second-order valence-corrected chi connectivity index (χ2v) is 4.35. The van der Waals surface area contributed by atoms with Gasteiger partial charge < -0.3 is 11.1 Å². The molecule has 4 N–H and O–H groups in total. The minimum Gasteiger partial charge on any atom is -0.352 e. The molecule has 0 saturated carbocycles. The Kier molecular flexibility index (Phi) is 5.69. The van der Waals surface area contributed by atoms with Crippen molar-refractivity contribution in [2.75, 3.05) is 13.1 Å². The minimum atomic E-state index is -0.0608. The molecule has 0 aliphatic rings. The summed E-state index contributed by atoms with van der Waals surface area (Å²) in [6.07, 6.45) is 4.73. The highest BCUT2D eigenvalue weighted by Crippen LogP contribution is 2.09. The lowest BCUT2D eigenvalue weighted by molar-refractivity contribution is 0.0945.